The molecular weight excluding hydrogens is 228 g/mol. The third kappa shape index (κ3) is 3.45. The summed E-state index contributed by atoms with van der Waals surface area (Å²) in [6, 6.07) is 8.63. The second-order valence-corrected chi connectivity index (χ2v) is 4.60. The summed E-state index contributed by atoms with van der Waals surface area (Å²) in [6.45, 7) is 4.27. The fourth-order valence-corrected chi connectivity index (χ4v) is 2.27. The summed E-state index contributed by atoms with van der Waals surface area (Å²) in [4.78, 5) is 2.42. The zero-order chi connectivity index (χ0) is 12.8. The fourth-order valence-electron chi connectivity index (χ4n) is 2.27. The van der Waals surface area contributed by atoms with E-state index in [0.29, 0.717) is 12.6 Å². The Morgan fingerprint density at radius 1 is 1.39 bits per heavy atom. The van der Waals surface area contributed by atoms with Crippen molar-refractivity contribution in [1.82, 2.24) is 4.90 Å². The third-order valence-corrected chi connectivity index (χ3v) is 3.47. The normalized spacial score (nSPS) is 20.9. The standard InChI is InChI=1S/C14H22N2O2/c1-17-14-4-2-12(3-5-14)6-7-16-8-9-18-11-13(16)10-15/h2-5,13H,6-11,15H2,1H3. The van der Waals surface area contributed by atoms with E-state index in [0.717, 1.165) is 38.5 Å². The van der Waals surface area contributed by atoms with Crippen molar-refractivity contribution in [3.63, 3.8) is 0 Å². The Balaban J connectivity index is 1.85. The van der Waals surface area contributed by atoms with Crippen LogP contribution in [0.4, 0.5) is 0 Å². The quantitative estimate of drug-likeness (QED) is 0.843. The van der Waals surface area contributed by atoms with E-state index >= 15 is 0 Å². The highest BCUT2D eigenvalue weighted by Gasteiger charge is 2.20. The van der Waals surface area contributed by atoms with E-state index in [1.165, 1.54) is 5.56 Å². The molecule has 1 unspecified atom stereocenters. The van der Waals surface area contributed by atoms with Gasteiger partial charge in [-0.05, 0) is 24.1 Å². The lowest BCUT2D eigenvalue weighted by atomic mass is 10.1. The summed E-state index contributed by atoms with van der Waals surface area (Å²) < 4.78 is 10.6. The molecule has 0 aromatic heterocycles. The number of nitrogens with two attached hydrogens (primary N) is 1. The van der Waals surface area contributed by atoms with Crippen molar-refractivity contribution < 1.29 is 9.47 Å². The van der Waals surface area contributed by atoms with Gasteiger partial charge < -0.3 is 15.2 Å². The Morgan fingerprint density at radius 2 is 2.17 bits per heavy atom. The van der Waals surface area contributed by atoms with Gasteiger partial charge >= 0.3 is 0 Å². The van der Waals surface area contributed by atoms with Gasteiger partial charge in [0.2, 0.25) is 0 Å². The minimum Gasteiger partial charge on any atom is -0.497 e. The summed E-state index contributed by atoms with van der Waals surface area (Å²) in [7, 11) is 1.69. The van der Waals surface area contributed by atoms with Crippen LogP contribution in [-0.2, 0) is 11.2 Å². The maximum absolute atomic E-state index is 5.76. The van der Waals surface area contributed by atoms with E-state index in [2.05, 4.69) is 17.0 Å². The van der Waals surface area contributed by atoms with Crippen LogP contribution in [0.15, 0.2) is 24.3 Å². The van der Waals surface area contributed by atoms with Crippen molar-refractivity contribution in [2.45, 2.75) is 12.5 Å². The van der Waals surface area contributed by atoms with Crippen molar-refractivity contribution in [1.29, 1.82) is 0 Å². The lowest BCUT2D eigenvalue weighted by molar-refractivity contribution is -0.00319. The second-order valence-electron chi connectivity index (χ2n) is 4.60. The Hall–Kier alpha value is -1.10. The molecule has 1 saturated heterocycles. The van der Waals surface area contributed by atoms with Crippen LogP contribution in [0.25, 0.3) is 0 Å². The fraction of sp³-hybridized carbons (Fsp3) is 0.571. The molecule has 4 heteroatoms. The van der Waals surface area contributed by atoms with Gasteiger partial charge in [0.15, 0.2) is 0 Å². The Bertz CT molecular complexity index is 353. The number of nitrogens with zero attached hydrogens (tertiary/aromatic N) is 1. The number of methoxy groups -OCH3 is 1. The summed E-state index contributed by atoms with van der Waals surface area (Å²) in [5.41, 5.74) is 7.09. The van der Waals surface area contributed by atoms with Crippen LogP contribution in [0.5, 0.6) is 5.75 Å². The van der Waals surface area contributed by atoms with Gasteiger partial charge in [-0.2, -0.15) is 0 Å². The van der Waals surface area contributed by atoms with Crippen LogP contribution >= 0.6 is 0 Å². The van der Waals surface area contributed by atoms with Gasteiger partial charge in [-0.1, -0.05) is 12.1 Å². The van der Waals surface area contributed by atoms with Gasteiger partial charge in [-0.15, -0.1) is 0 Å². The first-order valence-electron chi connectivity index (χ1n) is 6.48. The molecule has 0 aliphatic carbocycles. The molecule has 18 heavy (non-hydrogen) atoms. The predicted octanol–water partition coefficient (Wildman–Crippen LogP) is 0.897. The first-order valence-corrected chi connectivity index (χ1v) is 6.48. The van der Waals surface area contributed by atoms with Crippen molar-refractivity contribution >= 4 is 0 Å². The van der Waals surface area contributed by atoms with Gasteiger partial charge in [0, 0.05) is 25.7 Å². The monoisotopic (exact) mass is 250 g/mol. The lowest BCUT2D eigenvalue weighted by Gasteiger charge is -2.34. The molecule has 1 fully saturated rings. The highest BCUT2D eigenvalue weighted by molar-refractivity contribution is 5.27. The molecule has 4 nitrogen and oxygen atoms in total. The molecule has 1 aromatic rings. The molecular formula is C14H22N2O2. The first-order chi connectivity index (χ1) is 8.83. The zero-order valence-electron chi connectivity index (χ0n) is 11.0. The average molecular weight is 250 g/mol. The van der Waals surface area contributed by atoms with Gasteiger partial charge in [-0.3, -0.25) is 4.90 Å². The molecule has 1 aliphatic heterocycles. The molecule has 0 radical (unpaired) electrons. The number of morpholine rings is 1. The molecule has 1 aliphatic rings. The maximum Gasteiger partial charge on any atom is 0.118 e. The Kier molecular flexibility index (Phi) is 4.99. The molecule has 1 heterocycles. The Labute approximate surface area is 109 Å². The van der Waals surface area contributed by atoms with E-state index in [9.17, 15) is 0 Å². The molecule has 1 aromatic carbocycles. The second kappa shape index (κ2) is 6.73. The molecule has 1 atom stereocenters. The van der Waals surface area contributed by atoms with Crippen LogP contribution in [-0.4, -0.2) is 50.9 Å². The SMILES string of the molecule is COc1ccc(CCN2CCOCC2CN)cc1. The van der Waals surface area contributed by atoms with Crippen LogP contribution in [0, 0.1) is 0 Å². The lowest BCUT2D eigenvalue weighted by Crippen LogP contribution is -2.49. The maximum atomic E-state index is 5.76. The van der Waals surface area contributed by atoms with E-state index in [1.54, 1.807) is 7.11 Å². The molecule has 0 saturated carbocycles. The van der Waals surface area contributed by atoms with Crippen molar-refractivity contribution in [3.05, 3.63) is 29.8 Å². The number of benzene rings is 1. The van der Waals surface area contributed by atoms with E-state index in [4.69, 9.17) is 15.2 Å². The molecule has 0 amide bonds. The van der Waals surface area contributed by atoms with Gasteiger partial charge in [0.25, 0.3) is 0 Å². The minimum atomic E-state index is 0.372. The van der Waals surface area contributed by atoms with Gasteiger partial charge in [-0.25, -0.2) is 0 Å². The van der Waals surface area contributed by atoms with E-state index in [-0.39, 0.29) is 0 Å². The van der Waals surface area contributed by atoms with Crippen LogP contribution in [0.3, 0.4) is 0 Å². The summed E-state index contributed by atoms with van der Waals surface area (Å²) in [6.07, 6.45) is 1.04. The first kappa shape index (κ1) is 13.3. The highest BCUT2D eigenvalue weighted by atomic mass is 16.5. The smallest absolute Gasteiger partial charge is 0.118 e. The highest BCUT2D eigenvalue weighted by Crippen LogP contribution is 2.13. The summed E-state index contributed by atoms with van der Waals surface area (Å²) in [5, 5.41) is 0. The summed E-state index contributed by atoms with van der Waals surface area (Å²) in [5.74, 6) is 0.907. The van der Waals surface area contributed by atoms with Gasteiger partial charge in [0.05, 0.1) is 20.3 Å². The van der Waals surface area contributed by atoms with Crippen molar-refractivity contribution in [2.24, 2.45) is 5.73 Å². The third-order valence-electron chi connectivity index (χ3n) is 3.47. The largest absolute Gasteiger partial charge is 0.497 e. The molecule has 2 N–H and O–H groups in total. The molecule has 0 spiro atoms. The zero-order valence-corrected chi connectivity index (χ0v) is 11.0. The minimum absolute atomic E-state index is 0.372. The molecule has 100 valence electrons. The van der Waals surface area contributed by atoms with Crippen molar-refractivity contribution in [3.8, 4) is 5.75 Å². The number of hydrogen-bond acceptors (Lipinski definition) is 4. The number of hydrogen-bond donors (Lipinski definition) is 1. The number of ether oxygens (including phenoxy) is 2. The van der Waals surface area contributed by atoms with Gasteiger partial charge in [0.1, 0.15) is 5.75 Å². The summed E-state index contributed by atoms with van der Waals surface area (Å²) >= 11 is 0. The van der Waals surface area contributed by atoms with E-state index < -0.39 is 0 Å². The Morgan fingerprint density at radius 3 is 2.83 bits per heavy atom. The van der Waals surface area contributed by atoms with Crippen molar-refractivity contribution in [2.75, 3.05) is 40.0 Å². The van der Waals surface area contributed by atoms with Crippen LogP contribution in [0.2, 0.25) is 0 Å². The van der Waals surface area contributed by atoms with E-state index in [1.807, 2.05) is 12.1 Å². The topological polar surface area (TPSA) is 47.7 Å². The predicted molar refractivity (Wildman–Crippen MR) is 71.9 cm³/mol. The molecule has 2 rings (SSSR count). The van der Waals surface area contributed by atoms with Crippen LogP contribution < -0.4 is 10.5 Å². The average Bonchev–Trinajstić information content (AvgIpc) is 2.46. The number of rotatable bonds is 5. The van der Waals surface area contributed by atoms with Crippen LogP contribution in [0.1, 0.15) is 5.56 Å². The molecule has 0 bridgehead atoms.